The summed E-state index contributed by atoms with van der Waals surface area (Å²) in [4.78, 5) is 36.2. The average molecular weight is 421 g/mol. The largest absolute Gasteiger partial charge is 0.481 e. The number of carboxylic acids is 1. The van der Waals surface area contributed by atoms with E-state index in [2.05, 4.69) is 16.9 Å². The average Bonchev–Trinajstić information content (AvgIpc) is 3.17. The zero-order chi connectivity index (χ0) is 20.1. The Morgan fingerprint density at radius 2 is 2.00 bits per heavy atom. The van der Waals surface area contributed by atoms with E-state index in [1.165, 1.54) is 28.0 Å². The maximum Gasteiger partial charge on any atom is 0.331 e. The molecule has 28 heavy (non-hydrogen) atoms. The zero-order valence-corrected chi connectivity index (χ0v) is 17.6. The van der Waals surface area contributed by atoms with Gasteiger partial charge in [-0.1, -0.05) is 24.3 Å². The molecule has 2 amide bonds. The summed E-state index contributed by atoms with van der Waals surface area (Å²) in [6, 6.07) is 5.54. The molecule has 1 aliphatic rings. The lowest BCUT2D eigenvalue weighted by Crippen LogP contribution is -2.49. The summed E-state index contributed by atoms with van der Waals surface area (Å²) >= 11 is 2.52. The molecule has 0 spiro atoms. The normalized spacial score (nSPS) is 19.2. The van der Waals surface area contributed by atoms with Crippen molar-refractivity contribution in [1.29, 1.82) is 0 Å². The van der Waals surface area contributed by atoms with E-state index in [1.807, 2.05) is 18.2 Å². The van der Waals surface area contributed by atoms with Gasteiger partial charge in [0.25, 0.3) is 0 Å². The van der Waals surface area contributed by atoms with E-state index in [0.717, 1.165) is 29.9 Å². The molecule has 0 atom stereocenters. The number of hydrogen-bond acceptors (Lipinski definition) is 6. The topological polar surface area (TPSA) is 86.6 Å². The van der Waals surface area contributed by atoms with E-state index < -0.39 is 5.97 Å². The molecule has 9 heteroatoms. The van der Waals surface area contributed by atoms with Crippen molar-refractivity contribution in [3.63, 3.8) is 0 Å². The van der Waals surface area contributed by atoms with Crippen LogP contribution >= 0.6 is 23.1 Å². The van der Waals surface area contributed by atoms with Crippen LogP contribution in [0.4, 0.5) is 15.7 Å². The lowest BCUT2D eigenvalue weighted by molar-refractivity contribution is -0.133. The van der Waals surface area contributed by atoms with Gasteiger partial charge in [0.15, 0.2) is 5.13 Å². The van der Waals surface area contributed by atoms with E-state index in [4.69, 9.17) is 5.11 Å². The van der Waals surface area contributed by atoms with E-state index in [1.54, 1.807) is 24.3 Å². The van der Waals surface area contributed by atoms with Crippen LogP contribution in [-0.4, -0.2) is 45.9 Å². The highest BCUT2D eigenvalue weighted by molar-refractivity contribution is 8.01. The van der Waals surface area contributed by atoms with Crippen LogP contribution in [0.5, 0.6) is 0 Å². The highest BCUT2D eigenvalue weighted by Gasteiger charge is 2.32. The molecule has 0 bridgehead atoms. The molecule has 0 unspecified atom stereocenters. The first-order valence-electron chi connectivity index (χ1n) is 9.24. The number of carboxylic acid groups (broad SMARTS) is 1. The Morgan fingerprint density at radius 1 is 1.25 bits per heavy atom. The molecule has 0 saturated heterocycles. The number of amides is 2. The number of thioether (sulfide) groups is 1. The maximum absolute atomic E-state index is 13.4. The summed E-state index contributed by atoms with van der Waals surface area (Å²) in [5.74, 6) is 0.426. The second kappa shape index (κ2) is 9.38. The number of urea groups is 1. The summed E-state index contributed by atoms with van der Waals surface area (Å²) in [5, 5.41) is 9.37. The molecular formula is C19H24N4O3S2. The van der Waals surface area contributed by atoms with Gasteiger partial charge in [-0.3, -0.25) is 14.6 Å². The molecule has 150 valence electrons. The van der Waals surface area contributed by atoms with Crippen molar-refractivity contribution in [1.82, 2.24) is 9.97 Å². The second-order valence-corrected chi connectivity index (χ2v) is 9.24. The van der Waals surface area contributed by atoms with Gasteiger partial charge in [-0.05, 0) is 43.7 Å². The number of anilines is 2. The Labute approximate surface area is 172 Å². The van der Waals surface area contributed by atoms with Gasteiger partial charge in [0, 0.05) is 19.3 Å². The van der Waals surface area contributed by atoms with Crippen LogP contribution in [0.2, 0.25) is 0 Å². The van der Waals surface area contributed by atoms with Crippen molar-refractivity contribution in [2.75, 3.05) is 22.6 Å². The fraction of sp³-hybridized carbons (Fsp3) is 0.474. The third-order valence-corrected chi connectivity index (χ3v) is 7.09. The van der Waals surface area contributed by atoms with Crippen molar-refractivity contribution in [3.8, 4) is 0 Å². The molecular weight excluding hydrogens is 396 g/mol. The van der Waals surface area contributed by atoms with Crippen molar-refractivity contribution in [3.05, 3.63) is 30.6 Å². The number of hydrogen-bond donors (Lipinski definition) is 1. The van der Waals surface area contributed by atoms with Gasteiger partial charge >= 0.3 is 12.0 Å². The number of carbonyl (C=O) groups is 2. The van der Waals surface area contributed by atoms with Crippen LogP contribution in [0.1, 0.15) is 32.6 Å². The van der Waals surface area contributed by atoms with E-state index in [-0.39, 0.29) is 17.8 Å². The molecule has 3 rings (SSSR count). The lowest BCUT2D eigenvalue weighted by Gasteiger charge is -2.37. The quantitative estimate of drug-likeness (QED) is 0.699. The van der Waals surface area contributed by atoms with Gasteiger partial charge in [0.2, 0.25) is 0 Å². The Balaban J connectivity index is 1.79. The molecule has 1 aliphatic carbocycles. The number of aliphatic carboxylic acids is 1. The minimum atomic E-state index is -0.878. The molecule has 0 radical (unpaired) electrons. The van der Waals surface area contributed by atoms with Crippen LogP contribution in [0.3, 0.4) is 0 Å². The molecule has 1 saturated carbocycles. The lowest BCUT2D eigenvalue weighted by atomic mass is 9.86. The van der Waals surface area contributed by atoms with Gasteiger partial charge < -0.3 is 5.11 Å². The molecule has 2 aromatic heterocycles. The standard InChI is InChI=1S/C19H24N4O3S2/c1-13-6-8-14(9-7-13)23(15-5-3-4-10-20-15)19(26)22(2)18-21-11-17(28-18)27-12-16(24)25/h3-5,10-11,13-14H,6-9,12H2,1-2H3,(H,24,25)/t13-,14-. The number of nitrogens with zero attached hydrogens (tertiary/aromatic N) is 4. The summed E-state index contributed by atoms with van der Waals surface area (Å²) in [5.41, 5.74) is 0. The minimum Gasteiger partial charge on any atom is -0.481 e. The summed E-state index contributed by atoms with van der Waals surface area (Å²) in [6.07, 6.45) is 7.41. The molecule has 7 nitrogen and oxygen atoms in total. The molecule has 2 aromatic rings. The molecule has 1 N–H and O–H groups in total. The molecule has 1 fully saturated rings. The van der Waals surface area contributed by atoms with Crippen LogP contribution in [0.25, 0.3) is 0 Å². The highest BCUT2D eigenvalue weighted by Crippen LogP contribution is 2.33. The van der Waals surface area contributed by atoms with Crippen molar-refractivity contribution < 1.29 is 14.7 Å². The van der Waals surface area contributed by atoms with Crippen LogP contribution in [0, 0.1) is 5.92 Å². The van der Waals surface area contributed by atoms with E-state index in [9.17, 15) is 9.59 Å². The first-order chi connectivity index (χ1) is 13.5. The first-order valence-corrected chi connectivity index (χ1v) is 11.0. The second-order valence-electron chi connectivity index (χ2n) is 6.96. The zero-order valence-electron chi connectivity index (χ0n) is 15.9. The number of pyridine rings is 1. The monoisotopic (exact) mass is 420 g/mol. The first kappa shape index (κ1) is 20.6. The predicted molar refractivity (Wildman–Crippen MR) is 112 cm³/mol. The minimum absolute atomic E-state index is 0.0282. The number of thiazole rings is 1. The van der Waals surface area contributed by atoms with Crippen molar-refractivity contribution >= 4 is 46.0 Å². The Bertz CT molecular complexity index is 807. The van der Waals surface area contributed by atoms with E-state index in [0.29, 0.717) is 16.9 Å². The fourth-order valence-electron chi connectivity index (χ4n) is 3.29. The van der Waals surface area contributed by atoms with Gasteiger partial charge in [0.1, 0.15) is 5.82 Å². The smallest absolute Gasteiger partial charge is 0.331 e. The summed E-state index contributed by atoms with van der Waals surface area (Å²) in [7, 11) is 1.70. The van der Waals surface area contributed by atoms with Gasteiger partial charge in [-0.15, -0.1) is 11.8 Å². The third-order valence-electron chi connectivity index (χ3n) is 4.84. The van der Waals surface area contributed by atoms with Crippen molar-refractivity contribution in [2.24, 2.45) is 5.92 Å². The Kier molecular flexibility index (Phi) is 6.90. The fourth-order valence-corrected chi connectivity index (χ4v) is 4.92. The van der Waals surface area contributed by atoms with Gasteiger partial charge in [-0.25, -0.2) is 14.8 Å². The molecule has 0 aromatic carbocycles. The Hall–Kier alpha value is -2.13. The SMILES string of the molecule is CN(C(=O)N(c1ccccn1)[C@H]1CC[C@H](C)CC1)c1ncc(SCC(=O)O)s1. The predicted octanol–water partition coefficient (Wildman–Crippen LogP) is 4.36. The summed E-state index contributed by atoms with van der Waals surface area (Å²) in [6.45, 7) is 2.25. The maximum atomic E-state index is 13.4. The van der Waals surface area contributed by atoms with Crippen LogP contribution < -0.4 is 9.80 Å². The summed E-state index contributed by atoms with van der Waals surface area (Å²) < 4.78 is 0.771. The van der Waals surface area contributed by atoms with Crippen LogP contribution in [-0.2, 0) is 4.79 Å². The molecule has 2 heterocycles. The molecule has 0 aliphatic heterocycles. The number of carbonyl (C=O) groups excluding carboxylic acids is 1. The number of rotatable bonds is 6. The third kappa shape index (κ3) is 5.02. The van der Waals surface area contributed by atoms with Crippen LogP contribution in [0.15, 0.2) is 34.8 Å². The van der Waals surface area contributed by atoms with E-state index >= 15 is 0 Å². The van der Waals surface area contributed by atoms with Crippen molar-refractivity contribution in [2.45, 2.75) is 42.9 Å². The Morgan fingerprint density at radius 3 is 2.64 bits per heavy atom. The van der Waals surface area contributed by atoms with Gasteiger partial charge in [-0.2, -0.15) is 0 Å². The highest BCUT2D eigenvalue weighted by atomic mass is 32.2. The number of aromatic nitrogens is 2. The van der Waals surface area contributed by atoms with Gasteiger partial charge in [0.05, 0.1) is 16.2 Å².